The third kappa shape index (κ3) is 3.72. The maximum atomic E-state index is 12.0. The zero-order valence-corrected chi connectivity index (χ0v) is 14.8. The number of fused-ring (bicyclic) bond motifs is 1. The summed E-state index contributed by atoms with van der Waals surface area (Å²) in [6.07, 6.45) is 1.28. The third-order valence-electron chi connectivity index (χ3n) is 3.84. The highest BCUT2D eigenvalue weighted by Crippen LogP contribution is 2.30. The largest absolute Gasteiger partial charge is 0.457 e. The SMILES string of the molecule is O=C(Cn1ccc(=O)[nH]c1=O)NCc1ccc(-c2nc3ccccc3s2)o1. The molecule has 8 nitrogen and oxygen atoms in total. The number of carbonyl (C=O) groups excluding carboxylic acids is 1. The lowest BCUT2D eigenvalue weighted by Crippen LogP contribution is -2.35. The summed E-state index contributed by atoms with van der Waals surface area (Å²) in [5.41, 5.74) is -0.224. The molecule has 0 aliphatic carbocycles. The molecule has 4 rings (SSSR count). The molecule has 0 saturated heterocycles. The van der Waals surface area contributed by atoms with Gasteiger partial charge in [0.25, 0.3) is 5.56 Å². The first-order valence-electron chi connectivity index (χ1n) is 8.09. The van der Waals surface area contributed by atoms with Gasteiger partial charge in [0.2, 0.25) is 5.91 Å². The first-order chi connectivity index (χ1) is 13.1. The Morgan fingerprint density at radius 1 is 1.19 bits per heavy atom. The normalized spacial score (nSPS) is 11.0. The Hall–Kier alpha value is -3.46. The number of nitrogens with one attached hydrogen (secondary N) is 2. The Kier molecular flexibility index (Phi) is 4.43. The molecule has 0 bridgehead atoms. The van der Waals surface area contributed by atoms with E-state index in [-0.39, 0.29) is 19.0 Å². The molecule has 136 valence electrons. The van der Waals surface area contributed by atoms with Gasteiger partial charge in [0.15, 0.2) is 10.8 Å². The Morgan fingerprint density at radius 2 is 2.04 bits per heavy atom. The number of nitrogens with zero attached hydrogens (tertiary/aromatic N) is 2. The number of aromatic nitrogens is 3. The summed E-state index contributed by atoms with van der Waals surface area (Å²) in [5.74, 6) is 0.839. The number of benzene rings is 1. The fraction of sp³-hybridized carbons (Fsp3) is 0.111. The monoisotopic (exact) mass is 382 g/mol. The van der Waals surface area contributed by atoms with Crippen molar-refractivity contribution in [3.8, 4) is 10.8 Å². The van der Waals surface area contributed by atoms with Gasteiger partial charge in [-0.2, -0.15) is 0 Å². The standard InChI is InChI=1S/C18H14N4O4S/c23-15-7-8-22(18(25)21-15)10-16(24)19-9-11-5-6-13(26-11)17-20-12-3-1-2-4-14(12)27-17/h1-8H,9-10H2,(H,19,24)(H,21,23,25). The van der Waals surface area contributed by atoms with Gasteiger partial charge < -0.3 is 9.73 Å². The van der Waals surface area contributed by atoms with Crippen LogP contribution < -0.4 is 16.6 Å². The summed E-state index contributed by atoms with van der Waals surface area (Å²) in [6, 6.07) is 12.6. The van der Waals surface area contributed by atoms with Crippen molar-refractivity contribution in [1.29, 1.82) is 0 Å². The van der Waals surface area contributed by atoms with E-state index in [9.17, 15) is 14.4 Å². The van der Waals surface area contributed by atoms with Crippen LogP contribution in [0.25, 0.3) is 21.0 Å². The second kappa shape index (κ2) is 7.04. The van der Waals surface area contributed by atoms with Crippen LogP contribution in [0.3, 0.4) is 0 Å². The Labute approximate surface area is 156 Å². The van der Waals surface area contributed by atoms with E-state index < -0.39 is 11.2 Å². The van der Waals surface area contributed by atoms with Gasteiger partial charge in [0.1, 0.15) is 12.3 Å². The van der Waals surface area contributed by atoms with Gasteiger partial charge in [-0.15, -0.1) is 11.3 Å². The smallest absolute Gasteiger partial charge is 0.328 e. The minimum atomic E-state index is -0.631. The molecule has 4 aromatic rings. The minimum Gasteiger partial charge on any atom is -0.457 e. The van der Waals surface area contributed by atoms with Crippen LogP contribution in [-0.2, 0) is 17.9 Å². The third-order valence-corrected chi connectivity index (χ3v) is 4.89. The van der Waals surface area contributed by atoms with Gasteiger partial charge >= 0.3 is 5.69 Å². The number of rotatable bonds is 5. The molecule has 0 unspecified atom stereocenters. The van der Waals surface area contributed by atoms with Crippen LogP contribution in [0, 0.1) is 0 Å². The summed E-state index contributed by atoms with van der Waals surface area (Å²) in [5, 5.41) is 3.45. The van der Waals surface area contributed by atoms with Gasteiger partial charge in [-0.25, -0.2) is 9.78 Å². The van der Waals surface area contributed by atoms with Crippen molar-refractivity contribution in [2.75, 3.05) is 0 Å². The first-order valence-corrected chi connectivity index (χ1v) is 8.91. The molecule has 3 heterocycles. The second-order valence-corrected chi connectivity index (χ2v) is 6.80. The van der Waals surface area contributed by atoms with Gasteiger partial charge in [-0.05, 0) is 24.3 Å². The van der Waals surface area contributed by atoms with Crippen molar-refractivity contribution in [3.05, 3.63) is 75.3 Å². The predicted octanol–water partition coefficient (Wildman–Crippen LogP) is 1.72. The van der Waals surface area contributed by atoms with Crippen molar-refractivity contribution in [1.82, 2.24) is 19.9 Å². The van der Waals surface area contributed by atoms with Crippen molar-refractivity contribution in [2.24, 2.45) is 0 Å². The summed E-state index contributed by atoms with van der Waals surface area (Å²) in [7, 11) is 0. The average molecular weight is 382 g/mol. The van der Waals surface area contributed by atoms with E-state index in [4.69, 9.17) is 4.42 Å². The number of H-pyrrole nitrogens is 1. The quantitative estimate of drug-likeness (QED) is 0.546. The van der Waals surface area contributed by atoms with E-state index in [1.165, 1.54) is 23.6 Å². The molecule has 0 spiro atoms. The Balaban J connectivity index is 1.41. The molecule has 9 heteroatoms. The molecule has 0 saturated carbocycles. The van der Waals surface area contributed by atoms with Crippen LogP contribution in [-0.4, -0.2) is 20.4 Å². The predicted molar refractivity (Wildman–Crippen MR) is 100 cm³/mol. The molecule has 1 aromatic carbocycles. The van der Waals surface area contributed by atoms with Crippen molar-refractivity contribution >= 4 is 27.5 Å². The van der Waals surface area contributed by atoms with Gasteiger partial charge in [0, 0.05) is 12.3 Å². The van der Waals surface area contributed by atoms with Crippen LogP contribution in [0.4, 0.5) is 0 Å². The average Bonchev–Trinajstić information content (AvgIpc) is 3.28. The zero-order chi connectivity index (χ0) is 18.8. The molecular weight excluding hydrogens is 368 g/mol. The summed E-state index contributed by atoms with van der Waals surface area (Å²) in [6.45, 7) is -0.0110. The van der Waals surface area contributed by atoms with Gasteiger partial charge in [0.05, 0.1) is 16.8 Å². The van der Waals surface area contributed by atoms with Gasteiger partial charge in [-0.1, -0.05) is 12.1 Å². The number of hydrogen-bond donors (Lipinski definition) is 2. The maximum Gasteiger partial charge on any atom is 0.328 e. The van der Waals surface area contributed by atoms with Crippen molar-refractivity contribution in [2.45, 2.75) is 13.1 Å². The van der Waals surface area contributed by atoms with E-state index in [1.54, 1.807) is 6.07 Å². The molecule has 1 amide bonds. The zero-order valence-electron chi connectivity index (χ0n) is 14.0. The highest BCUT2D eigenvalue weighted by molar-refractivity contribution is 7.21. The number of hydrogen-bond acceptors (Lipinski definition) is 6. The number of amides is 1. The van der Waals surface area contributed by atoms with E-state index >= 15 is 0 Å². The second-order valence-electron chi connectivity index (χ2n) is 5.77. The van der Waals surface area contributed by atoms with E-state index in [1.807, 2.05) is 30.3 Å². The summed E-state index contributed by atoms with van der Waals surface area (Å²) in [4.78, 5) is 41.3. The fourth-order valence-electron chi connectivity index (χ4n) is 2.53. The molecule has 0 radical (unpaired) electrons. The molecule has 0 fully saturated rings. The number of para-hydroxylation sites is 1. The Morgan fingerprint density at radius 3 is 2.85 bits per heavy atom. The number of furan rings is 1. The molecule has 2 N–H and O–H groups in total. The lowest BCUT2D eigenvalue weighted by Gasteiger charge is -2.05. The Bertz CT molecular complexity index is 1200. The number of carbonyl (C=O) groups is 1. The lowest BCUT2D eigenvalue weighted by atomic mass is 10.3. The van der Waals surface area contributed by atoms with Crippen LogP contribution >= 0.6 is 11.3 Å². The van der Waals surface area contributed by atoms with Crippen molar-refractivity contribution < 1.29 is 9.21 Å². The van der Waals surface area contributed by atoms with E-state index in [2.05, 4.69) is 15.3 Å². The molecule has 3 aromatic heterocycles. The minimum absolute atomic E-state index is 0.182. The van der Waals surface area contributed by atoms with E-state index in [0.717, 1.165) is 19.8 Å². The topological polar surface area (TPSA) is 110 Å². The highest BCUT2D eigenvalue weighted by atomic mass is 32.1. The van der Waals surface area contributed by atoms with Crippen LogP contribution in [0.1, 0.15) is 5.76 Å². The summed E-state index contributed by atoms with van der Waals surface area (Å²) < 4.78 is 7.95. The molecule has 27 heavy (non-hydrogen) atoms. The van der Waals surface area contributed by atoms with Crippen LogP contribution in [0.15, 0.2) is 62.7 Å². The van der Waals surface area contributed by atoms with E-state index in [0.29, 0.717) is 11.5 Å². The molecule has 0 atom stereocenters. The summed E-state index contributed by atoms with van der Waals surface area (Å²) >= 11 is 1.53. The van der Waals surface area contributed by atoms with Crippen LogP contribution in [0.2, 0.25) is 0 Å². The molecule has 0 aliphatic rings. The van der Waals surface area contributed by atoms with Crippen LogP contribution in [0.5, 0.6) is 0 Å². The fourth-order valence-corrected chi connectivity index (χ4v) is 3.46. The number of aromatic amines is 1. The van der Waals surface area contributed by atoms with Crippen molar-refractivity contribution in [3.63, 3.8) is 0 Å². The maximum absolute atomic E-state index is 12.0. The molecular formula is C18H14N4O4S. The molecule has 0 aliphatic heterocycles. The highest BCUT2D eigenvalue weighted by Gasteiger charge is 2.11. The van der Waals surface area contributed by atoms with Gasteiger partial charge in [-0.3, -0.25) is 19.1 Å². The lowest BCUT2D eigenvalue weighted by molar-refractivity contribution is -0.122. The first kappa shape index (κ1) is 17.0. The number of thiazole rings is 1.